The molecule has 5 heteroatoms. The fourth-order valence-electron chi connectivity index (χ4n) is 1.83. The summed E-state index contributed by atoms with van der Waals surface area (Å²) in [5.74, 6) is 0. The number of H-pyrrole nitrogens is 4. The van der Waals surface area contributed by atoms with Crippen molar-refractivity contribution < 1.29 is 0 Å². The molecule has 4 nitrogen and oxygen atoms in total. The topological polar surface area (TPSA) is 63.2 Å². The fraction of sp³-hybridized carbons (Fsp3) is 0. The van der Waals surface area contributed by atoms with Crippen molar-refractivity contribution in [1.29, 1.82) is 0 Å². The Kier molecular flexibility index (Phi) is 10.4. The number of hydrogen-bond acceptors (Lipinski definition) is 0. The smallest absolute Gasteiger partial charge is 0.0814 e. The van der Waals surface area contributed by atoms with Gasteiger partial charge in [0.15, 0.2) is 0 Å². The van der Waals surface area contributed by atoms with Crippen molar-refractivity contribution in [3.8, 4) is 0 Å². The van der Waals surface area contributed by atoms with E-state index in [2.05, 4.69) is 32.1 Å². The molecule has 0 saturated heterocycles. The van der Waals surface area contributed by atoms with Gasteiger partial charge < -0.3 is 19.9 Å². The average Bonchev–Trinajstić information content (AvgIpc) is 3.48. The molecule has 0 saturated carbocycles. The van der Waals surface area contributed by atoms with E-state index in [1.165, 1.54) is 10.8 Å². The van der Waals surface area contributed by atoms with E-state index >= 15 is 0 Å². The van der Waals surface area contributed by atoms with Crippen molar-refractivity contribution >= 4 is 19.2 Å². The van der Waals surface area contributed by atoms with Crippen LogP contribution in [0.1, 0.15) is 0 Å². The van der Waals surface area contributed by atoms with Crippen LogP contribution in [0.15, 0.2) is 110 Å². The second-order valence-electron chi connectivity index (χ2n) is 4.74. The molecule has 0 fully saturated rings. The molecule has 0 aliphatic carbocycles. The molecule has 0 amide bonds. The first-order valence-corrected chi connectivity index (χ1v) is 7.71. The third-order valence-corrected chi connectivity index (χ3v) is 2.96. The van der Waals surface area contributed by atoms with Crippen LogP contribution in [0.2, 0.25) is 0 Å². The number of fused-ring (bicyclic) bond motifs is 1. The standard InChI is InChI=1S/C8H7N.3C4H5N.BH3/c1-2-4-8-6-9-5-7(8)3-1;3*1-2-4-5-3-1;/h1-6,9H;3*1-5H;1H3. The van der Waals surface area contributed by atoms with Crippen LogP contribution < -0.4 is 0 Å². The van der Waals surface area contributed by atoms with Crippen LogP contribution in [0.25, 0.3) is 10.8 Å². The molecule has 5 aromatic rings. The Morgan fingerprint density at radius 1 is 0.400 bits per heavy atom. The Hall–Kier alpha value is -3.34. The molecule has 0 aliphatic rings. The molecule has 128 valence electrons. The molecule has 1 aromatic carbocycles. The molecule has 4 aromatic heterocycles. The second kappa shape index (κ2) is 13.1. The van der Waals surface area contributed by atoms with Crippen LogP contribution in [-0.4, -0.2) is 28.3 Å². The van der Waals surface area contributed by atoms with Crippen LogP contribution in [0.3, 0.4) is 0 Å². The summed E-state index contributed by atoms with van der Waals surface area (Å²) >= 11 is 0. The second-order valence-corrected chi connectivity index (χ2v) is 4.74. The normalized spacial score (nSPS) is 8.48. The number of aromatic amines is 4. The van der Waals surface area contributed by atoms with Gasteiger partial charge in [-0.2, -0.15) is 0 Å². The van der Waals surface area contributed by atoms with Crippen LogP contribution >= 0.6 is 0 Å². The molecule has 4 heterocycles. The summed E-state index contributed by atoms with van der Waals surface area (Å²) in [4.78, 5) is 11.6. The Morgan fingerprint density at radius 3 is 0.960 bits per heavy atom. The Labute approximate surface area is 149 Å². The zero-order chi connectivity index (χ0) is 16.7. The molecule has 0 aliphatic heterocycles. The quantitative estimate of drug-likeness (QED) is 0.310. The lowest BCUT2D eigenvalue weighted by Crippen LogP contribution is -1.57. The Balaban J connectivity index is 0.000000172. The van der Waals surface area contributed by atoms with Crippen LogP contribution in [0, 0.1) is 0 Å². The highest BCUT2D eigenvalue weighted by molar-refractivity contribution is 5.81. The predicted molar refractivity (Wildman–Crippen MR) is 111 cm³/mol. The van der Waals surface area contributed by atoms with E-state index in [4.69, 9.17) is 0 Å². The van der Waals surface area contributed by atoms with Crippen molar-refractivity contribution in [2.75, 3.05) is 0 Å². The summed E-state index contributed by atoms with van der Waals surface area (Å²) in [7, 11) is 0. The van der Waals surface area contributed by atoms with E-state index < -0.39 is 0 Å². The van der Waals surface area contributed by atoms with Crippen molar-refractivity contribution in [3.63, 3.8) is 0 Å². The van der Waals surface area contributed by atoms with Crippen molar-refractivity contribution in [2.45, 2.75) is 0 Å². The van der Waals surface area contributed by atoms with E-state index in [1.807, 2.05) is 98.1 Å². The summed E-state index contributed by atoms with van der Waals surface area (Å²) in [6.45, 7) is 0. The third-order valence-electron chi connectivity index (χ3n) is 2.96. The molecule has 4 N–H and O–H groups in total. The molecule has 5 rings (SSSR count). The monoisotopic (exact) mass is 332 g/mol. The lowest BCUT2D eigenvalue weighted by atomic mass is 10.2. The van der Waals surface area contributed by atoms with Crippen molar-refractivity contribution in [1.82, 2.24) is 19.9 Å². The van der Waals surface area contributed by atoms with E-state index in [0.29, 0.717) is 0 Å². The van der Waals surface area contributed by atoms with Gasteiger partial charge in [-0.3, -0.25) is 0 Å². The maximum atomic E-state index is 3.04. The van der Waals surface area contributed by atoms with Gasteiger partial charge >= 0.3 is 0 Å². The maximum Gasteiger partial charge on any atom is 0.0814 e. The van der Waals surface area contributed by atoms with Gasteiger partial charge in [-0.25, -0.2) is 0 Å². The third kappa shape index (κ3) is 8.76. The first kappa shape index (κ1) is 19.7. The van der Waals surface area contributed by atoms with E-state index in [9.17, 15) is 0 Å². The summed E-state index contributed by atoms with van der Waals surface area (Å²) < 4.78 is 0. The molecule has 0 atom stereocenters. The zero-order valence-electron chi connectivity index (χ0n) is 13.4. The molecule has 0 unspecified atom stereocenters. The first-order valence-electron chi connectivity index (χ1n) is 7.71. The number of nitrogens with one attached hydrogen (secondary N) is 4. The molecule has 25 heavy (non-hydrogen) atoms. The summed E-state index contributed by atoms with van der Waals surface area (Å²) in [6, 6.07) is 19.9. The van der Waals surface area contributed by atoms with Gasteiger partial charge in [-0.1, -0.05) is 24.3 Å². The fourth-order valence-corrected chi connectivity index (χ4v) is 1.83. The van der Waals surface area contributed by atoms with Crippen LogP contribution in [0.5, 0.6) is 0 Å². The number of rotatable bonds is 0. The number of aromatic nitrogens is 4. The van der Waals surface area contributed by atoms with Crippen LogP contribution in [0.4, 0.5) is 0 Å². The Bertz CT molecular complexity index is 672. The van der Waals surface area contributed by atoms with Gasteiger partial charge in [-0.15, -0.1) is 0 Å². The van der Waals surface area contributed by atoms with Crippen molar-refractivity contribution in [2.24, 2.45) is 0 Å². The van der Waals surface area contributed by atoms with Gasteiger partial charge in [0.2, 0.25) is 0 Å². The SMILES string of the molecule is B.c1cc[nH]c1.c1cc[nH]c1.c1cc[nH]c1.c1ccc2c[nH]cc2c1. The first-order chi connectivity index (χ1) is 12.0. The average molecular weight is 332 g/mol. The van der Waals surface area contributed by atoms with Gasteiger partial charge in [0.1, 0.15) is 0 Å². The molecule has 0 radical (unpaired) electrons. The number of hydrogen-bond donors (Lipinski definition) is 4. The maximum absolute atomic E-state index is 3.04. The van der Waals surface area contributed by atoms with E-state index in [0.717, 1.165) is 0 Å². The zero-order valence-corrected chi connectivity index (χ0v) is 13.4. The summed E-state index contributed by atoms with van der Waals surface area (Å²) in [6.07, 6.45) is 15.2. The minimum atomic E-state index is 0. The molecule has 0 spiro atoms. The van der Waals surface area contributed by atoms with Gasteiger partial charge in [0.05, 0.1) is 8.41 Å². The minimum absolute atomic E-state index is 0. The van der Waals surface area contributed by atoms with E-state index in [1.54, 1.807) is 0 Å². The van der Waals surface area contributed by atoms with Gasteiger partial charge in [0.25, 0.3) is 0 Å². The predicted octanol–water partition coefficient (Wildman–Crippen LogP) is 4.03. The van der Waals surface area contributed by atoms with Gasteiger partial charge in [-0.05, 0) is 47.2 Å². The highest BCUT2D eigenvalue weighted by atomic mass is 14.6. The molecular formula is C20H25BN4. The van der Waals surface area contributed by atoms with E-state index in [-0.39, 0.29) is 8.41 Å². The summed E-state index contributed by atoms with van der Waals surface area (Å²) in [5.41, 5.74) is 0. The summed E-state index contributed by atoms with van der Waals surface area (Å²) in [5, 5.41) is 2.55. The molecular weight excluding hydrogens is 307 g/mol. The van der Waals surface area contributed by atoms with Crippen LogP contribution in [-0.2, 0) is 0 Å². The number of benzene rings is 1. The highest BCUT2D eigenvalue weighted by Gasteiger charge is 1.86. The lowest BCUT2D eigenvalue weighted by Gasteiger charge is -1.81. The largest absolute Gasteiger partial charge is 0.368 e. The highest BCUT2D eigenvalue weighted by Crippen LogP contribution is 2.10. The minimum Gasteiger partial charge on any atom is -0.368 e. The lowest BCUT2D eigenvalue weighted by molar-refractivity contribution is 1.41. The molecule has 0 bridgehead atoms. The van der Waals surface area contributed by atoms with Gasteiger partial charge in [0, 0.05) is 49.6 Å². The Morgan fingerprint density at radius 2 is 0.720 bits per heavy atom. The van der Waals surface area contributed by atoms with Crippen molar-refractivity contribution in [3.05, 3.63) is 110 Å².